The molecule has 1 heterocycles. The third-order valence-corrected chi connectivity index (χ3v) is 9.70. The van der Waals surface area contributed by atoms with Crippen LogP contribution in [0.25, 0.3) is 0 Å². The second-order valence-electron chi connectivity index (χ2n) is 10.8. The Morgan fingerprint density at radius 3 is 2.15 bits per heavy atom. The molecule has 0 radical (unpaired) electrons. The molecule has 33 heavy (non-hydrogen) atoms. The maximum Gasteiger partial charge on any atom is 0.247 e. The number of sulfonamides is 1. The third-order valence-electron chi connectivity index (χ3n) is 8.21. The van der Waals surface area contributed by atoms with Gasteiger partial charge in [-0.15, -0.1) is 0 Å². The zero-order chi connectivity index (χ0) is 23.2. The van der Waals surface area contributed by atoms with E-state index in [1.807, 2.05) is 11.8 Å². The lowest BCUT2D eigenvalue weighted by atomic mass is 9.49. The Kier molecular flexibility index (Phi) is 5.91. The minimum Gasteiger partial charge on any atom is -0.330 e. The Labute approximate surface area is 196 Å². The van der Waals surface area contributed by atoms with E-state index >= 15 is 0 Å². The molecular formula is C25H35N3O4S. The largest absolute Gasteiger partial charge is 0.330 e. The predicted molar refractivity (Wildman–Crippen MR) is 128 cm³/mol. The molecule has 2 amide bonds. The van der Waals surface area contributed by atoms with E-state index in [0.29, 0.717) is 48.5 Å². The number of hydrogen-bond donors (Lipinski definition) is 2. The van der Waals surface area contributed by atoms with E-state index in [4.69, 9.17) is 0 Å². The van der Waals surface area contributed by atoms with Crippen molar-refractivity contribution in [3.63, 3.8) is 0 Å². The molecule has 5 fully saturated rings. The summed E-state index contributed by atoms with van der Waals surface area (Å²) in [6.07, 6.45) is 9.01. The van der Waals surface area contributed by atoms with Crippen LogP contribution >= 0.6 is 0 Å². The molecule has 180 valence electrons. The van der Waals surface area contributed by atoms with Crippen LogP contribution < -0.4 is 10.0 Å². The van der Waals surface area contributed by atoms with Crippen LogP contribution in [0.2, 0.25) is 0 Å². The van der Waals surface area contributed by atoms with Crippen molar-refractivity contribution in [3.05, 3.63) is 24.3 Å². The summed E-state index contributed by atoms with van der Waals surface area (Å²) in [4.78, 5) is 28.8. The fourth-order valence-corrected chi connectivity index (χ4v) is 8.44. The first-order chi connectivity index (χ1) is 15.8. The van der Waals surface area contributed by atoms with Gasteiger partial charge in [0.15, 0.2) is 0 Å². The number of carbonyl (C=O) groups is 2. The smallest absolute Gasteiger partial charge is 0.247 e. The van der Waals surface area contributed by atoms with Gasteiger partial charge in [-0.3, -0.25) is 14.3 Å². The van der Waals surface area contributed by atoms with Crippen molar-refractivity contribution in [1.82, 2.24) is 4.90 Å². The topological polar surface area (TPSA) is 95.6 Å². The average molecular weight is 474 g/mol. The molecule has 4 aliphatic carbocycles. The van der Waals surface area contributed by atoms with E-state index < -0.39 is 16.1 Å². The van der Waals surface area contributed by atoms with Crippen LogP contribution in [0.1, 0.15) is 64.7 Å². The van der Waals surface area contributed by atoms with Crippen LogP contribution in [0.15, 0.2) is 24.3 Å². The molecule has 4 saturated carbocycles. The molecule has 6 rings (SSSR count). The minimum atomic E-state index is -3.35. The number of amides is 2. The maximum atomic E-state index is 13.8. The molecule has 4 bridgehead atoms. The molecule has 7 nitrogen and oxygen atoms in total. The van der Waals surface area contributed by atoms with E-state index in [9.17, 15) is 18.0 Å². The highest BCUT2D eigenvalue weighted by Crippen LogP contribution is 2.60. The Balaban J connectivity index is 1.24. The first-order valence-electron chi connectivity index (χ1n) is 12.5. The van der Waals surface area contributed by atoms with Crippen LogP contribution in [0.4, 0.5) is 11.4 Å². The van der Waals surface area contributed by atoms with Crippen LogP contribution in [-0.4, -0.2) is 43.5 Å². The summed E-state index contributed by atoms with van der Waals surface area (Å²) < 4.78 is 26.4. The Hall–Kier alpha value is -2.09. The number of anilines is 2. The standard InChI is InChI=1S/C25H35N3O4S/c1-2-10-33(31,32)27-21-7-5-20(6-8-21)26-23(29)22-4-3-9-28(22)24(30)25-14-17-11-18(15-25)13-19(12-17)16-25/h5-8,17-19,22,27H,2-4,9-16H2,1H3,(H,26,29). The van der Waals surface area contributed by atoms with Gasteiger partial charge in [0.2, 0.25) is 21.8 Å². The normalized spacial score (nSPS) is 32.7. The number of hydrogen-bond acceptors (Lipinski definition) is 4. The monoisotopic (exact) mass is 473 g/mol. The van der Waals surface area contributed by atoms with Crippen molar-refractivity contribution >= 4 is 33.2 Å². The Morgan fingerprint density at radius 2 is 1.58 bits per heavy atom. The zero-order valence-electron chi connectivity index (χ0n) is 19.4. The number of nitrogens with zero attached hydrogens (tertiary/aromatic N) is 1. The van der Waals surface area contributed by atoms with Crippen molar-refractivity contribution in [3.8, 4) is 0 Å². The summed E-state index contributed by atoms with van der Waals surface area (Å²) in [7, 11) is -3.35. The highest BCUT2D eigenvalue weighted by molar-refractivity contribution is 7.92. The summed E-state index contributed by atoms with van der Waals surface area (Å²) in [5, 5.41) is 2.95. The number of nitrogens with one attached hydrogen (secondary N) is 2. The summed E-state index contributed by atoms with van der Waals surface area (Å²) in [5.74, 6) is 2.24. The lowest BCUT2D eigenvalue weighted by molar-refractivity contribution is -0.160. The molecule has 1 aromatic carbocycles. The van der Waals surface area contributed by atoms with Crippen LogP contribution in [0.5, 0.6) is 0 Å². The van der Waals surface area contributed by atoms with Gasteiger partial charge < -0.3 is 10.2 Å². The average Bonchev–Trinajstić information content (AvgIpc) is 3.23. The van der Waals surface area contributed by atoms with Gasteiger partial charge in [0, 0.05) is 17.9 Å². The molecule has 1 aromatic rings. The van der Waals surface area contributed by atoms with E-state index in [1.54, 1.807) is 24.3 Å². The van der Waals surface area contributed by atoms with Crippen molar-refractivity contribution in [2.75, 3.05) is 22.3 Å². The highest BCUT2D eigenvalue weighted by Gasteiger charge is 2.56. The minimum absolute atomic E-state index is 0.0702. The van der Waals surface area contributed by atoms with Gasteiger partial charge in [-0.05, 0) is 99.8 Å². The predicted octanol–water partition coefficient (Wildman–Crippen LogP) is 3.98. The quantitative estimate of drug-likeness (QED) is 0.626. The lowest BCUT2D eigenvalue weighted by Crippen LogP contribution is -2.56. The van der Waals surface area contributed by atoms with E-state index in [-0.39, 0.29) is 23.0 Å². The van der Waals surface area contributed by atoms with Crippen molar-refractivity contribution in [2.45, 2.75) is 70.8 Å². The second kappa shape index (κ2) is 8.60. The molecule has 8 heteroatoms. The Bertz CT molecular complexity index is 985. The summed E-state index contributed by atoms with van der Waals surface area (Å²) >= 11 is 0. The summed E-state index contributed by atoms with van der Waals surface area (Å²) in [5.41, 5.74) is 0.850. The van der Waals surface area contributed by atoms with Gasteiger partial charge in [0.1, 0.15) is 6.04 Å². The first-order valence-corrected chi connectivity index (χ1v) is 14.1. The van der Waals surface area contributed by atoms with Gasteiger partial charge >= 0.3 is 0 Å². The molecule has 1 saturated heterocycles. The second-order valence-corrected chi connectivity index (χ2v) is 12.7. The van der Waals surface area contributed by atoms with Gasteiger partial charge in [-0.25, -0.2) is 8.42 Å². The third kappa shape index (κ3) is 4.51. The summed E-state index contributed by atoms with van der Waals surface area (Å²) in [6, 6.07) is 6.27. The molecule has 1 unspecified atom stereocenters. The van der Waals surface area contributed by atoms with Gasteiger partial charge in [-0.2, -0.15) is 0 Å². The number of benzene rings is 1. The molecule has 0 aromatic heterocycles. The maximum absolute atomic E-state index is 13.8. The number of rotatable bonds is 7. The fourth-order valence-electron chi connectivity index (χ4n) is 7.31. The van der Waals surface area contributed by atoms with Gasteiger partial charge in [0.05, 0.1) is 11.2 Å². The van der Waals surface area contributed by atoms with Crippen molar-refractivity contribution in [2.24, 2.45) is 23.2 Å². The van der Waals surface area contributed by atoms with Crippen LogP contribution in [-0.2, 0) is 19.6 Å². The van der Waals surface area contributed by atoms with Crippen LogP contribution in [0, 0.1) is 23.2 Å². The summed E-state index contributed by atoms with van der Waals surface area (Å²) in [6.45, 7) is 2.48. The molecule has 1 aliphatic heterocycles. The Morgan fingerprint density at radius 1 is 1.00 bits per heavy atom. The molecule has 1 atom stereocenters. The zero-order valence-corrected chi connectivity index (χ0v) is 20.2. The van der Waals surface area contributed by atoms with Crippen LogP contribution in [0.3, 0.4) is 0 Å². The first kappa shape index (κ1) is 22.7. The molecule has 0 spiro atoms. The lowest BCUT2D eigenvalue weighted by Gasteiger charge is -2.56. The van der Waals surface area contributed by atoms with E-state index in [1.165, 1.54) is 19.3 Å². The van der Waals surface area contributed by atoms with Gasteiger partial charge in [-0.1, -0.05) is 6.92 Å². The van der Waals surface area contributed by atoms with E-state index in [0.717, 1.165) is 25.7 Å². The fraction of sp³-hybridized carbons (Fsp3) is 0.680. The highest BCUT2D eigenvalue weighted by atomic mass is 32.2. The molecular weight excluding hydrogens is 438 g/mol. The van der Waals surface area contributed by atoms with Gasteiger partial charge in [0.25, 0.3) is 0 Å². The van der Waals surface area contributed by atoms with E-state index in [2.05, 4.69) is 10.0 Å². The SMILES string of the molecule is CCCS(=O)(=O)Nc1ccc(NC(=O)C2CCCN2C(=O)C23CC4CC(CC(C4)C2)C3)cc1. The van der Waals surface area contributed by atoms with Crippen molar-refractivity contribution < 1.29 is 18.0 Å². The molecule has 2 N–H and O–H groups in total. The van der Waals surface area contributed by atoms with Crippen molar-refractivity contribution in [1.29, 1.82) is 0 Å². The number of likely N-dealkylation sites (tertiary alicyclic amines) is 1. The number of carbonyl (C=O) groups excluding carboxylic acids is 2. The molecule has 5 aliphatic rings.